The second kappa shape index (κ2) is 7.42. The largest absolute Gasteiger partial charge is 0.312 e. The Labute approximate surface area is 130 Å². The molecule has 1 aliphatic heterocycles. The summed E-state index contributed by atoms with van der Waals surface area (Å²) in [6.45, 7) is 14.0. The van der Waals surface area contributed by atoms with Gasteiger partial charge in [0.2, 0.25) is 0 Å². The van der Waals surface area contributed by atoms with Gasteiger partial charge in [0.25, 0.3) is 0 Å². The fourth-order valence-electron chi connectivity index (χ4n) is 3.22. The van der Waals surface area contributed by atoms with Crippen LogP contribution >= 0.6 is 0 Å². The Morgan fingerprint density at radius 2 is 1.95 bits per heavy atom. The standard InChI is InChI=1S/C19H32N2/c1-5-12-20-18(19(2,3)4)15-21-13-11-17(14-21)16-9-7-6-8-10-16/h6-10,17-18,20H,5,11-15H2,1-4H3. The summed E-state index contributed by atoms with van der Waals surface area (Å²) >= 11 is 0. The smallest absolute Gasteiger partial charge is 0.0243 e. The maximum atomic E-state index is 3.75. The number of hydrogen-bond donors (Lipinski definition) is 1. The van der Waals surface area contributed by atoms with E-state index in [0.29, 0.717) is 11.5 Å². The van der Waals surface area contributed by atoms with Crippen molar-refractivity contribution in [1.82, 2.24) is 10.2 Å². The van der Waals surface area contributed by atoms with Gasteiger partial charge in [-0.1, -0.05) is 58.0 Å². The maximum Gasteiger partial charge on any atom is 0.0243 e. The first-order chi connectivity index (χ1) is 10.0. The zero-order chi connectivity index (χ0) is 15.3. The molecule has 21 heavy (non-hydrogen) atoms. The highest BCUT2D eigenvalue weighted by atomic mass is 15.2. The number of benzene rings is 1. The Morgan fingerprint density at radius 1 is 1.24 bits per heavy atom. The van der Waals surface area contributed by atoms with Crippen LogP contribution in [0.15, 0.2) is 30.3 Å². The lowest BCUT2D eigenvalue weighted by atomic mass is 9.86. The van der Waals surface area contributed by atoms with Crippen LogP contribution in [-0.4, -0.2) is 37.1 Å². The minimum Gasteiger partial charge on any atom is -0.312 e. The van der Waals surface area contributed by atoms with Crippen molar-refractivity contribution in [3.8, 4) is 0 Å². The summed E-state index contributed by atoms with van der Waals surface area (Å²) in [7, 11) is 0. The van der Waals surface area contributed by atoms with Gasteiger partial charge in [0.05, 0.1) is 0 Å². The van der Waals surface area contributed by atoms with Crippen LogP contribution in [0, 0.1) is 5.41 Å². The predicted molar refractivity (Wildman–Crippen MR) is 91.8 cm³/mol. The molecular formula is C19H32N2. The molecule has 2 nitrogen and oxygen atoms in total. The summed E-state index contributed by atoms with van der Waals surface area (Å²) in [5.41, 5.74) is 1.83. The molecule has 2 unspecified atom stereocenters. The van der Waals surface area contributed by atoms with Crippen LogP contribution in [0.25, 0.3) is 0 Å². The highest BCUT2D eigenvalue weighted by Gasteiger charge is 2.30. The summed E-state index contributed by atoms with van der Waals surface area (Å²) in [6.07, 6.45) is 2.51. The lowest BCUT2D eigenvalue weighted by Crippen LogP contribution is -2.48. The van der Waals surface area contributed by atoms with E-state index in [4.69, 9.17) is 0 Å². The van der Waals surface area contributed by atoms with Crippen LogP contribution in [0.2, 0.25) is 0 Å². The second-order valence-corrected chi connectivity index (χ2v) is 7.53. The first kappa shape index (κ1) is 16.5. The van der Waals surface area contributed by atoms with Gasteiger partial charge in [0.15, 0.2) is 0 Å². The zero-order valence-electron chi connectivity index (χ0n) is 14.2. The summed E-state index contributed by atoms with van der Waals surface area (Å²) in [4.78, 5) is 2.65. The van der Waals surface area contributed by atoms with E-state index < -0.39 is 0 Å². The van der Waals surface area contributed by atoms with Gasteiger partial charge < -0.3 is 10.2 Å². The Kier molecular flexibility index (Phi) is 5.83. The fraction of sp³-hybridized carbons (Fsp3) is 0.684. The summed E-state index contributed by atoms with van der Waals surface area (Å²) in [6, 6.07) is 11.6. The molecule has 0 aromatic heterocycles. The molecule has 1 aromatic rings. The molecule has 1 aromatic carbocycles. The van der Waals surface area contributed by atoms with Crippen LogP contribution in [0.3, 0.4) is 0 Å². The van der Waals surface area contributed by atoms with Crippen molar-refractivity contribution in [3.63, 3.8) is 0 Å². The molecule has 0 radical (unpaired) electrons. The van der Waals surface area contributed by atoms with Crippen molar-refractivity contribution in [3.05, 3.63) is 35.9 Å². The molecule has 0 amide bonds. The molecule has 1 saturated heterocycles. The third kappa shape index (κ3) is 4.82. The van der Waals surface area contributed by atoms with Crippen molar-refractivity contribution < 1.29 is 0 Å². The third-order valence-corrected chi connectivity index (χ3v) is 4.67. The average Bonchev–Trinajstić information content (AvgIpc) is 2.92. The summed E-state index contributed by atoms with van der Waals surface area (Å²) in [5, 5.41) is 3.75. The Morgan fingerprint density at radius 3 is 2.57 bits per heavy atom. The Hall–Kier alpha value is -0.860. The van der Waals surface area contributed by atoms with Crippen LogP contribution < -0.4 is 5.32 Å². The van der Waals surface area contributed by atoms with E-state index in [1.54, 1.807) is 0 Å². The van der Waals surface area contributed by atoms with E-state index in [1.165, 1.54) is 38.0 Å². The molecule has 0 bridgehead atoms. The molecule has 1 fully saturated rings. The molecule has 1 heterocycles. The van der Waals surface area contributed by atoms with Crippen LogP contribution in [-0.2, 0) is 0 Å². The van der Waals surface area contributed by atoms with E-state index >= 15 is 0 Å². The predicted octanol–water partition coefficient (Wildman–Crippen LogP) is 3.89. The molecule has 0 saturated carbocycles. The van der Waals surface area contributed by atoms with E-state index in [1.807, 2.05) is 0 Å². The molecule has 118 valence electrons. The normalized spacial score (nSPS) is 21.6. The molecule has 2 rings (SSSR count). The van der Waals surface area contributed by atoms with Crippen LogP contribution in [0.1, 0.15) is 52.0 Å². The highest BCUT2D eigenvalue weighted by Crippen LogP contribution is 2.28. The Balaban J connectivity index is 1.91. The molecule has 1 aliphatic rings. The van der Waals surface area contributed by atoms with Gasteiger partial charge in [-0.2, -0.15) is 0 Å². The van der Waals surface area contributed by atoms with Gasteiger partial charge in [0, 0.05) is 19.1 Å². The third-order valence-electron chi connectivity index (χ3n) is 4.67. The van der Waals surface area contributed by atoms with E-state index in [2.05, 4.69) is 68.2 Å². The van der Waals surface area contributed by atoms with Gasteiger partial charge in [-0.3, -0.25) is 0 Å². The number of rotatable bonds is 6. The van der Waals surface area contributed by atoms with E-state index in [9.17, 15) is 0 Å². The molecule has 0 aliphatic carbocycles. The fourth-order valence-corrected chi connectivity index (χ4v) is 3.22. The maximum absolute atomic E-state index is 3.75. The van der Waals surface area contributed by atoms with Crippen molar-refractivity contribution in [1.29, 1.82) is 0 Å². The van der Waals surface area contributed by atoms with Gasteiger partial charge in [-0.05, 0) is 42.8 Å². The van der Waals surface area contributed by atoms with Crippen molar-refractivity contribution in [2.24, 2.45) is 5.41 Å². The van der Waals surface area contributed by atoms with Crippen molar-refractivity contribution in [2.45, 2.75) is 52.5 Å². The molecule has 1 N–H and O–H groups in total. The number of likely N-dealkylation sites (tertiary alicyclic amines) is 1. The zero-order valence-corrected chi connectivity index (χ0v) is 14.2. The summed E-state index contributed by atoms with van der Waals surface area (Å²) < 4.78 is 0. The minimum absolute atomic E-state index is 0.319. The van der Waals surface area contributed by atoms with Crippen LogP contribution in [0.5, 0.6) is 0 Å². The number of nitrogens with one attached hydrogen (secondary N) is 1. The van der Waals surface area contributed by atoms with E-state index in [0.717, 1.165) is 12.5 Å². The first-order valence-corrected chi connectivity index (χ1v) is 8.51. The van der Waals surface area contributed by atoms with Gasteiger partial charge >= 0.3 is 0 Å². The van der Waals surface area contributed by atoms with Gasteiger partial charge in [-0.25, -0.2) is 0 Å². The van der Waals surface area contributed by atoms with Gasteiger partial charge in [-0.15, -0.1) is 0 Å². The lowest BCUT2D eigenvalue weighted by Gasteiger charge is -2.35. The topological polar surface area (TPSA) is 15.3 Å². The molecule has 0 spiro atoms. The number of nitrogens with zero attached hydrogens (tertiary/aromatic N) is 1. The van der Waals surface area contributed by atoms with Gasteiger partial charge in [0.1, 0.15) is 0 Å². The van der Waals surface area contributed by atoms with Crippen molar-refractivity contribution >= 4 is 0 Å². The molecule has 2 atom stereocenters. The molecule has 2 heteroatoms. The molecular weight excluding hydrogens is 256 g/mol. The number of hydrogen-bond acceptors (Lipinski definition) is 2. The Bertz CT molecular complexity index is 407. The highest BCUT2D eigenvalue weighted by molar-refractivity contribution is 5.21. The van der Waals surface area contributed by atoms with Crippen LogP contribution in [0.4, 0.5) is 0 Å². The average molecular weight is 288 g/mol. The summed E-state index contributed by atoms with van der Waals surface area (Å²) in [5.74, 6) is 0.720. The quantitative estimate of drug-likeness (QED) is 0.854. The SMILES string of the molecule is CCCNC(CN1CCC(c2ccccc2)C1)C(C)(C)C. The van der Waals surface area contributed by atoms with E-state index in [-0.39, 0.29) is 0 Å². The second-order valence-electron chi connectivity index (χ2n) is 7.53. The lowest BCUT2D eigenvalue weighted by molar-refractivity contribution is 0.193. The monoisotopic (exact) mass is 288 g/mol. The first-order valence-electron chi connectivity index (χ1n) is 8.51. The minimum atomic E-state index is 0.319. The van der Waals surface area contributed by atoms with Crippen molar-refractivity contribution in [2.75, 3.05) is 26.2 Å².